The number of nitrogens with one attached hydrogen (secondary N) is 1. The molecule has 3 N–H and O–H groups in total. The lowest BCUT2D eigenvalue weighted by Crippen LogP contribution is -2.29. The predicted molar refractivity (Wildman–Crippen MR) is 124 cm³/mol. The van der Waals surface area contributed by atoms with E-state index in [0.717, 1.165) is 40.3 Å². The van der Waals surface area contributed by atoms with Gasteiger partial charge in [-0.25, -0.2) is 4.98 Å². The zero-order valence-corrected chi connectivity index (χ0v) is 18.3. The first kappa shape index (κ1) is 20.5. The van der Waals surface area contributed by atoms with Crippen molar-refractivity contribution in [3.8, 4) is 5.75 Å². The average molecular weight is 425 g/mol. The number of pyridine rings is 1. The van der Waals surface area contributed by atoms with Crippen molar-refractivity contribution in [2.75, 3.05) is 37.4 Å². The van der Waals surface area contributed by atoms with Crippen LogP contribution < -0.4 is 20.7 Å². The number of aryl methyl sites for hydroxylation is 1. The summed E-state index contributed by atoms with van der Waals surface area (Å²) in [6.45, 7) is 4.64. The number of rotatable bonds is 6. The number of nitrogens with zero attached hydrogens (tertiary/aromatic N) is 2. The molecule has 0 aliphatic carbocycles. The molecule has 1 aromatic carbocycles. The molecule has 1 amide bonds. The van der Waals surface area contributed by atoms with Crippen molar-refractivity contribution >= 4 is 38.8 Å². The van der Waals surface area contributed by atoms with Crippen molar-refractivity contribution in [1.82, 2.24) is 10.3 Å². The van der Waals surface area contributed by atoms with Crippen LogP contribution in [0.4, 0.5) is 11.4 Å². The largest absolute Gasteiger partial charge is 0.496 e. The highest BCUT2D eigenvalue weighted by atomic mass is 32.1. The lowest BCUT2D eigenvalue weighted by molar-refractivity contribution is 0.0959. The van der Waals surface area contributed by atoms with E-state index in [0.29, 0.717) is 23.5 Å². The second-order valence-corrected chi connectivity index (χ2v) is 8.70. The number of hydrogen-bond donors (Lipinski definition) is 2. The summed E-state index contributed by atoms with van der Waals surface area (Å²) in [5, 5.41) is 3.83. The van der Waals surface area contributed by atoms with Gasteiger partial charge in [-0.15, -0.1) is 11.3 Å². The molecule has 0 spiro atoms. The summed E-state index contributed by atoms with van der Waals surface area (Å²) in [7, 11) is 1.70. The molecule has 3 heterocycles. The molecule has 6 nitrogen and oxygen atoms in total. The summed E-state index contributed by atoms with van der Waals surface area (Å²) in [4.78, 5) is 20.9. The Labute approximate surface area is 181 Å². The quantitative estimate of drug-likeness (QED) is 0.621. The van der Waals surface area contributed by atoms with Crippen LogP contribution in [0, 0.1) is 6.92 Å². The van der Waals surface area contributed by atoms with Crippen LogP contribution >= 0.6 is 11.3 Å². The van der Waals surface area contributed by atoms with Gasteiger partial charge >= 0.3 is 0 Å². The standard InChI is InChI=1S/C23H28N4O2S/c1-15-6-9-18-20(24)21(30-23(18)26-15)22(28)25-11-10-16-7-8-17(14-19(16)29-2)27-12-4-3-5-13-27/h6-9,14H,3-5,10-13,24H2,1-2H3,(H,25,28). The first-order chi connectivity index (χ1) is 14.6. The van der Waals surface area contributed by atoms with Crippen molar-refractivity contribution in [3.63, 3.8) is 0 Å². The Bertz CT molecular complexity index is 1060. The predicted octanol–water partition coefficient (Wildman–Crippen LogP) is 4.16. The highest BCUT2D eigenvalue weighted by Gasteiger charge is 2.18. The van der Waals surface area contributed by atoms with Crippen molar-refractivity contribution in [3.05, 3.63) is 46.5 Å². The Morgan fingerprint density at radius 2 is 2.03 bits per heavy atom. The molecule has 4 rings (SSSR count). The number of methoxy groups -OCH3 is 1. The van der Waals surface area contributed by atoms with Crippen LogP contribution in [0.25, 0.3) is 10.2 Å². The minimum Gasteiger partial charge on any atom is -0.496 e. The molecule has 30 heavy (non-hydrogen) atoms. The first-order valence-electron chi connectivity index (χ1n) is 10.4. The van der Waals surface area contributed by atoms with Gasteiger partial charge in [0.2, 0.25) is 0 Å². The van der Waals surface area contributed by atoms with Gasteiger partial charge in [0, 0.05) is 42.5 Å². The molecule has 0 unspecified atom stereocenters. The second kappa shape index (κ2) is 8.92. The molecule has 158 valence electrons. The third kappa shape index (κ3) is 4.21. The van der Waals surface area contributed by atoms with Crippen LogP contribution in [0.15, 0.2) is 30.3 Å². The summed E-state index contributed by atoms with van der Waals surface area (Å²) in [6.07, 6.45) is 4.49. The van der Waals surface area contributed by atoms with Gasteiger partial charge in [-0.05, 0) is 56.4 Å². The number of carbonyl (C=O) groups excluding carboxylic acids is 1. The third-order valence-electron chi connectivity index (χ3n) is 5.61. The number of piperidine rings is 1. The molecule has 0 bridgehead atoms. The van der Waals surface area contributed by atoms with E-state index in [1.807, 2.05) is 19.1 Å². The number of amides is 1. The van der Waals surface area contributed by atoms with Crippen LogP contribution in [0.5, 0.6) is 5.75 Å². The molecule has 1 fully saturated rings. The van der Waals surface area contributed by atoms with Gasteiger partial charge in [0.15, 0.2) is 0 Å². The number of ether oxygens (including phenoxy) is 1. The summed E-state index contributed by atoms with van der Waals surface area (Å²) >= 11 is 1.34. The topological polar surface area (TPSA) is 80.5 Å². The third-order valence-corrected chi connectivity index (χ3v) is 6.73. The minimum absolute atomic E-state index is 0.156. The molecule has 1 aliphatic rings. The zero-order chi connectivity index (χ0) is 21.1. The van der Waals surface area contributed by atoms with Crippen LogP contribution in [0.2, 0.25) is 0 Å². The minimum atomic E-state index is -0.156. The van der Waals surface area contributed by atoms with Crippen molar-refractivity contribution in [2.45, 2.75) is 32.6 Å². The van der Waals surface area contributed by atoms with E-state index < -0.39 is 0 Å². The molecular weight excluding hydrogens is 396 g/mol. The highest BCUT2D eigenvalue weighted by Crippen LogP contribution is 2.32. The smallest absolute Gasteiger partial charge is 0.263 e. The zero-order valence-electron chi connectivity index (χ0n) is 17.5. The number of aromatic nitrogens is 1. The number of fused-ring (bicyclic) bond motifs is 1. The first-order valence-corrected chi connectivity index (χ1v) is 11.2. The van der Waals surface area contributed by atoms with E-state index in [1.165, 1.54) is 36.3 Å². The number of nitrogen functional groups attached to an aromatic ring is 1. The van der Waals surface area contributed by atoms with Crippen LogP contribution in [0.3, 0.4) is 0 Å². The lowest BCUT2D eigenvalue weighted by Gasteiger charge is -2.29. The normalized spacial score (nSPS) is 14.1. The highest BCUT2D eigenvalue weighted by molar-refractivity contribution is 7.21. The Morgan fingerprint density at radius 1 is 1.23 bits per heavy atom. The maximum absolute atomic E-state index is 12.7. The van der Waals surface area contributed by atoms with Gasteiger partial charge in [0.05, 0.1) is 12.8 Å². The number of anilines is 2. The van der Waals surface area contributed by atoms with Crippen LogP contribution in [-0.4, -0.2) is 37.6 Å². The van der Waals surface area contributed by atoms with Gasteiger partial charge in [-0.1, -0.05) is 6.07 Å². The molecule has 3 aromatic rings. The molecule has 0 atom stereocenters. The fourth-order valence-corrected chi connectivity index (χ4v) is 4.99. The van der Waals surface area contributed by atoms with Gasteiger partial charge in [0.25, 0.3) is 5.91 Å². The lowest BCUT2D eigenvalue weighted by atomic mass is 10.1. The fourth-order valence-electron chi connectivity index (χ4n) is 3.94. The summed E-state index contributed by atoms with van der Waals surface area (Å²) < 4.78 is 5.62. The van der Waals surface area contributed by atoms with Crippen molar-refractivity contribution in [1.29, 1.82) is 0 Å². The molecule has 0 radical (unpaired) electrons. The summed E-state index contributed by atoms with van der Waals surface area (Å²) in [6, 6.07) is 10.2. The number of nitrogens with two attached hydrogens (primary N) is 1. The molecule has 2 aromatic heterocycles. The van der Waals surface area contributed by atoms with Gasteiger partial charge < -0.3 is 20.7 Å². The van der Waals surface area contributed by atoms with Gasteiger partial charge in [-0.3, -0.25) is 4.79 Å². The summed E-state index contributed by atoms with van der Waals surface area (Å²) in [5.41, 5.74) is 9.90. The maximum atomic E-state index is 12.7. The Kier molecular flexibility index (Phi) is 6.08. The summed E-state index contributed by atoms with van der Waals surface area (Å²) in [5.74, 6) is 0.713. The van der Waals surface area contributed by atoms with Crippen LogP contribution in [-0.2, 0) is 6.42 Å². The van der Waals surface area contributed by atoms with E-state index in [4.69, 9.17) is 10.5 Å². The Hall–Kier alpha value is -2.80. The number of thiophene rings is 1. The second-order valence-electron chi connectivity index (χ2n) is 7.70. The van der Waals surface area contributed by atoms with E-state index >= 15 is 0 Å². The maximum Gasteiger partial charge on any atom is 0.263 e. The Morgan fingerprint density at radius 3 is 2.80 bits per heavy atom. The van der Waals surface area contributed by atoms with Gasteiger partial charge in [-0.2, -0.15) is 0 Å². The molecule has 1 saturated heterocycles. The van der Waals surface area contributed by atoms with Gasteiger partial charge in [0.1, 0.15) is 15.5 Å². The Balaban J connectivity index is 1.41. The van der Waals surface area contributed by atoms with E-state index in [9.17, 15) is 4.79 Å². The van der Waals surface area contributed by atoms with Crippen molar-refractivity contribution < 1.29 is 9.53 Å². The SMILES string of the molecule is COc1cc(N2CCCCC2)ccc1CCNC(=O)c1sc2nc(C)ccc2c1N. The molecule has 7 heteroatoms. The van der Waals surface area contributed by atoms with E-state index in [-0.39, 0.29) is 5.91 Å². The number of benzene rings is 1. The van der Waals surface area contributed by atoms with E-state index in [1.54, 1.807) is 7.11 Å². The molecule has 0 saturated carbocycles. The van der Waals surface area contributed by atoms with Crippen LogP contribution in [0.1, 0.15) is 40.2 Å². The van der Waals surface area contributed by atoms with E-state index in [2.05, 4.69) is 33.4 Å². The van der Waals surface area contributed by atoms with Crippen molar-refractivity contribution in [2.24, 2.45) is 0 Å². The molecule has 1 aliphatic heterocycles. The fraction of sp³-hybridized carbons (Fsp3) is 0.391. The average Bonchev–Trinajstić information content (AvgIpc) is 3.10. The number of hydrogen-bond acceptors (Lipinski definition) is 6. The monoisotopic (exact) mass is 424 g/mol. The number of carbonyl (C=O) groups is 1. The molecular formula is C23H28N4O2S.